The molecule has 3 aromatic carbocycles. The lowest BCUT2D eigenvalue weighted by Crippen LogP contribution is -2.09. The lowest BCUT2D eigenvalue weighted by Gasteiger charge is -2.08. The Morgan fingerprint density at radius 3 is 2.35 bits per heavy atom. The number of hydrogen-bond acceptors (Lipinski definition) is 2. The van der Waals surface area contributed by atoms with Crippen molar-refractivity contribution in [2.45, 2.75) is 0 Å². The quantitative estimate of drug-likeness (QED) is 0.731. The predicted octanol–water partition coefficient (Wildman–Crippen LogP) is 4.91. The fourth-order valence-corrected chi connectivity index (χ4v) is 3.26. The van der Waals surface area contributed by atoms with Crippen molar-refractivity contribution in [2.24, 2.45) is 0 Å². The van der Waals surface area contributed by atoms with Gasteiger partial charge >= 0.3 is 0 Å². The van der Waals surface area contributed by atoms with E-state index in [1.807, 2.05) is 36.4 Å². The molecule has 23 heavy (non-hydrogen) atoms. The van der Waals surface area contributed by atoms with E-state index in [9.17, 15) is 8.42 Å². The van der Waals surface area contributed by atoms with Crippen molar-refractivity contribution in [2.75, 3.05) is 4.72 Å². The Hall–Kier alpha value is -2.30. The minimum absolute atomic E-state index is 0.559. The third-order valence-corrected chi connectivity index (χ3v) is 4.60. The van der Waals surface area contributed by atoms with Crippen molar-refractivity contribution in [1.29, 1.82) is 0 Å². The van der Waals surface area contributed by atoms with Crippen LogP contribution in [-0.2, 0) is 10.0 Å². The molecule has 0 saturated carbocycles. The second kappa shape index (κ2) is 6.44. The number of hydrogen-bond donors (Lipinski definition) is 1. The lowest BCUT2D eigenvalue weighted by molar-refractivity contribution is 0.609. The highest BCUT2D eigenvalue weighted by Gasteiger charge is 2.08. The van der Waals surface area contributed by atoms with E-state index in [2.05, 4.69) is 4.72 Å². The zero-order chi connectivity index (χ0) is 16.3. The Kier molecular flexibility index (Phi) is 4.37. The van der Waals surface area contributed by atoms with Gasteiger partial charge in [0.2, 0.25) is 0 Å². The van der Waals surface area contributed by atoms with Gasteiger partial charge in [-0.25, -0.2) is 8.42 Å². The van der Waals surface area contributed by atoms with Crippen LogP contribution in [0.15, 0.2) is 72.1 Å². The Labute approximate surface area is 140 Å². The van der Waals surface area contributed by atoms with E-state index < -0.39 is 10.0 Å². The van der Waals surface area contributed by atoms with E-state index in [0.29, 0.717) is 10.7 Å². The van der Waals surface area contributed by atoms with Crippen LogP contribution >= 0.6 is 11.6 Å². The largest absolute Gasteiger partial charge is 0.279 e. The zero-order valence-electron chi connectivity index (χ0n) is 12.1. The molecule has 0 amide bonds. The van der Waals surface area contributed by atoms with Crippen LogP contribution < -0.4 is 4.72 Å². The van der Waals surface area contributed by atoms with Crippen molar-refractivity contribution >= 4 is 44.2 Å². The minimum Gasteiger partial charge on any atom is -0.279 e. The normalized spacial score (nSPS) is 11.9. The van der Waals surface area contributed by atoms with Crippen molar-refractivity contribution in [3.05, 3.63) is 82.7 Å². The van der Waals surface area contributed by atoms with Gasteiger partial charge in [-0.3, -0.25) is 4.72 Å². The number of halogens is 1. The summed E-state index contributed by atoms with van der Waals surface area (Å²) in [7, 11) is -3.60. The van der Waals surface area contributed by atoms with E-state index in [0.717, 1.165) is 21.7 Å². The van der Waals surface area contributed by atoms with E-state index >= 15 is 0 Å². The summed E-state index contributed by atoms with van der Waals surface area (Å²) >= 11 is 5.81. The SMILES string of the molecule is O=S(=O)(/C=C/c1ccc(Cl)cc1)Nc1cccc2ccccc12. The molecule has 0 aromatic heterocycles. The number of benzene rings is 3. The second-order valence-corrected chi connectivity index (χ2v) is 7.03. The molecule has 0 aliphatic carbocycles. The van der Waals surface area contributed by atoms with Gasteiger partial charge < -0.3 is 0 Å². The van der Waals surface area contributed by atoms with Gasteiger partial charge in [-0.2, -0.15) is 0 Å². The first-order valence-electron chi connectivity index (χ1n) is 6.98. The maximum absolute atomic E-state index is 12.3. The van der Waals surface area contributed by atoms with Gasteiger partial charge in [-0.05, 0) is 35.2 Å². The molecule has 0 spiro atoms. The molecule has 0 aliphatic rings. The van der Waals surface area contributed by atoms with Crippen LogP contribution in [0.1, 0.15) is 5.56 Å². The molecule has 0 heterocycles. The molecule has 0 aliphatic heterocycles. The molecule has 0 unspecified atom stereocenters. The van der Waals surface area contributed by atoms with Crippen LogP contribution in [-0.4, -0.2) is 8.42 Å². The Morgan fingerprint density at radius 1 is 0.870 bits per heavy atom. The fourth-order valence-electron chi connectivity index (χ4n) is 2.24. The van der Waals surface area contributed by atoms with Gasteiger partial charge in [0.15, 0.2) is 0 Å². The summed E-state index contributed by atoms with van der Waals surface area (Å²) in [5.74, 6) is 0. The smallest absolute Gasteiger partial charge is 0.255 e. The highest BCUT2D eigenvalue weighted by atomic mass is 35.5. The molecule has 3 rings (SSSR count). The summed E-state index contributed by atoms with van der Waals surface area (Å²) in [6.45, 7) is 0. The minimum atomic E-state index is -3.60. The number of sulfonamides is 1. The molecule has 3 aromatic rings. The number of anilines is 1. The highest BCUT2D eigenvalue weighted by molar-refractivity contribution is 7.95. The topological polar surface area (TPSA) is 46.2 Å². The van der Waals surface area contributed by atoms with Crippen LogP contribution in [0.3, 0.4) is 0 Å². The van der Waals surface area contributed by atoms with Crippen LogP contribution in [0, 0.1) is 0 Å². The summed E-state index contributed by atoms with van der Waals surface area (Å²) in [6, 6.07) is 20.1. The van der Waals surface area contributed by atoms with Gasteiger partial charge in [0.05, 0.1) is 11.1 Å². The molecule has 0 atom stereocenters. The standard InChI is InChI=1S/C18H14ClNO2S/c19-16-10-8-14(9-11-16)12-13-23(21,22)20-18-7-3-5-15-4-1-2-6-17(15)18/h1-13,20H/b13-12+. The number of rotatable bonds is 4. The predicted molar refractivity (Wildman–Crippen MR) is 97.0 cm³/mol. The molecular formula is C18H14ClNO2S. The maximum atomic E-state index is 12.3. The van der Waals surface area contributed by atoms with Gasteiger partial charge in [0.1, 0.15) is 0 Å². The Bertz CT molecular complexity index is 958. The van der Waals surface area contributed by atoms with Crippen molar-refractivity contribution in [3.63, 3.8) is 0 Å². The van der Waals surface area contributed by atoms with E-state index in [-0.39, 0.29) is 0 Å². The fraction of sp³-hybridized carbons (Fsp3) is 0. The van der Waals surface area contributed by atoms with Gasteiger partial charge in [0.25, 0.3) is 10.0 Å². The summed E-state index contributed by atoms with van der Waals surface area (Å²) < 4.78 is 27.1. The highest BCUT2D eigenvalue weighted by Crippen LogP contribution is 2.24. The molecule has 5 heteroatoms. The first-order chi connectivity index (χ1) is 11.0. The average Bonchev–Trinajstić information content (AvgIpc) is 2.54. The van der Waals surface area contributed by atoms with Gasteiger partial charge in [-0.1, -0.05) is 60.1 Å². The van der Waals surface area contributed by atoms with Crippen molar-refractivity contribution < 1.29 is 8.42 Å². The van der Waals surface area contributed by atoms with Crippen LogP contribution in [0.4, 0.5) is 5.69 Å². The molecule has 0 radical (unpaired) electrons. The number of nitrogens with one attached hydrogen (secondary N) is 1. The van der Waals surface area contributed by atoms with E-state index in [1.165, 1.54) is 6.08 Å². The Morgan fingerprint density at radius 2 is 1.57 bits per heavy atom. The van der Waals surface area contributed by atoms with Crippen molar-refractivity contribution in [3.8, 4) is 0 Å². The van der Waals surface area contributed by atoms with Crippen LogP contribution in [0.5, 0.6) is 0 Å². The summed E-state index contributed by atoms with van der Waals surface area (Å²) in [6.07, 6.45) is 1.53. The summed E-state index contributed by atoms with van der Waals surface area (Å²) in [5.41, 5.74) is 1.32. The number of fused-ring (bicyclic) bond motifs is 1. The van der Waals surface area contributed by atoms with Crippen LogP contribution in [0.2, 0.25) is 5.02 Å². The molecule has 116 valence electrons. The first-order valence-corrected chi connectivity index (χ1v) is 8.90. The summed E-state index contributed by atoms with van der Waals surface area (Å²) in [5, 5.41) is 3.60. The lowest BCUT2D eigenvalue weighted by atomic mass is 10.1. The van der Waals surface area contributed by atoms with Gasteiger partial charge in [-0.15, -0.1) is 0 Å². The zero-order valence-corrected chi connectivity index (χ0v) is 13.7. The summed E-state index contributed by atoms with van der Waals surface area (Å²) in [4.78, 5) is 0. The second-order valence-electron chi connectivity index (χ2n) is 5.03. The third kappa shape index (κ3) is 3.92. The van der Waals surface area contributed by atoms with Crippen molar-refractivity contribution in [1.82, 2.24) is 0 Å². The van der Waals surface area contributed by atoms with E-state index in [1.54, 1.807) is 30.3 Å². The molecule has 0 saturated heterocycles. The molecule has 0 fully saturated rings. The first kappa shape index (κ1) is 15.6. The maximum Gasteiger partial charge on any atom is 0.255 e. The van der Waals surface area contributed by atoms with E-state index in [4.69, 9.17) is 11.6 Å². The monoisotopic (exact) mass is 343 g/mol. The molecular weight excluding hydrogens is 330 g/mol. The van der Waals surface area contributed by atoms with Gasteiger partial charge in [0, 0.05) is 10.4 Å². The average molecular weight is 344 g/mol. The Balaban J connectivity index is 1.87. The van der Waals surface area contributed by atoms with Crippen LogP contribution in [0.25, 0.3) is 16.8 Å². The third-order valence-electron chi connectivity index (χ3n) is 3.35. The molecule has 1 N–H and O–H groups in total. The molecule has 3 nitrogen and oxygen atoms in total. The molecule has 0 bridgehead atoms.